The van der Waals surface area contributed by atoms with Gasteiger partial charge in [-0.15, -0.1) is 11.3 Å². The second kappa shape index (κ2) is 7.34. The van der Waals surface area contributed by atoms with Gasteiger partial charge in [-0.3, -0.25) is 4.68 Å². The van der Waals surface area contributed by atoms with Crippen molar-refractivity contribution in [3.63, 3.8) is 0 Å². The van der Waals surface area contributed by atoms with Crippen LogP contribution in [0.5, 0.6) is 0 Å². The number of thiazole rings is 1. The lowest BCUT2D eigenvalue weighted by Crippen LogP contribution is -2.04. The average molecular weight is 382 g/mol. The van der Waals surface area contributed by atoms with Crippen LogP contribution in [0.1, 0.15) is 22.3 Å². The summed E-state index contributed by atoms with van der Waals surface area (Å²) in [5, 5.41) is 8.13. The molecule has 2 aromatic heterocycles. The van der Waals surface area contributed by atoms with Gasteiger partial charge in [0.2, 0.25) is 0 Å². The number of benzene rings is 1. The normalized spacial score (nSPS) is 10.8. The Labute approximate surface area is 152 Å². The number of hydrogen-bond acceptors (Lipinski definition) is 5. The van der Waals surface area contributed by atoms with Crippen LogP contribution in [-0.4, -0.2) is 27.3 Å². The second-order valence-corrected chi connectivity index (χ2v) is 6.68. The van der Waals surface area contributed by atoms with Crippen LogP contribution in [-0.2, 0) is 11.3 Å². The van der Waals surface area contributed by atoms with Gasteiger partial charge in [0.05, 0.1) is 35.6 Å². The van der Waals surface area contributed by atoms with Crippen LogP contribution in [0.2, 0.25) is 10.0 Å². The third-order valence-electron chi connectivity index (χ3n) is 3.20. The number of nitrogens with zero attached hydrogens (tertiary/aromatic N) is 3. The molecule has 2 heterocycles. The maximum Gasteiger partial charge on any atom is 0.341 e. The molecule has 3 aromatic rings. The minimum Gasteiger partial charge on any atom is -0.462 e. The molecule has 3 rings (SSSR count). The van der Waals surface area contributed by atoms with Gasteiger partial charge in [-0.25, -0.2) is 9.78 Å². The van der Waals surface area contributed by atoms with E-state index in [0.717, 1.165) is 16.3 Å². The Bertz CT molecular complexity index is 876. The predicted molar refractivity (Wildman–Crippen MR) is 94.9 cm³/mol. The molecule has 0 aliphatic carbocycles. The van der Waals surface area contributed by atoms with Crippen molar-refractivity contribution in [1.82, 2.24) is 14.8 Å². The molecule has 0 aliphatic heterocycles. The number of esters is 1. The Morgan fingerprint density at radius 1 is 1.38 bits per heavy atom. The molecule has 124 valence electrons. The summed E-state index contributed by atoms with van der Waals surface area (Å²) >= 11 is 13.7. The van der Waals surface area contributed by atoms with Crippen LogP contribution in [0.3, 0.4) is 0 Å². The Balaban J connectivity index is 1.77. The summed E-state index contributed by atoms with van der Waals surface area (Å²) in [5.41, 5.74) is 1.98. The molecule has 0 fully saturated rings. The van der Waals surface area contributed by atoms with Crippen LogP contribution in [0.4, 0.5) is 0 Å². The molecule has 0 bridgehead atoms. The van der Waals surface area contributed by atoms with Crippen molar-refractivity contribution in [2.24, 2.45) is 0 Å². The second-order valence-electron chi connectivity index (χ2n) is 4.90. The molecular weight excluding hydrogens is 369 g/mol. The van der Waals surface area contributed by atoms with Crippen molar-refractivity contribution in [1.29, 1.82) is 0 Å². The summed E-state index contributed by atoms with van der Waals surface area (Å²) in [4.78, 5) is 16.2. The van der Waals surface area contributed by atoms with E-state index in [1.807, 2.05) is 5.38 Å². The molecule has 0 N–H and O–H groups in total. The summed E-state index contributed by atoms with van der Waals surface area (Å²) in [6, 6.07) is 5.27. The van der Waals surface area contributed by atoms with Crippen molar-refractivity contribution < 1.29 is 9.53 Å². The van der Waals surface area contributed by atoms with E-state index in [2.05, 4.69) is 10.1 Å². The van der Waals surface area contributed by atoms with E-state index in [4.69, 9.17) is 27.9 Å². The number of hydrogen-bond donors (Lipinski definition) is 0. The minimum absolute atomic E-state index is 0.334. The smallest absolute Gasteiger partial charge is 0.341 e. The van der Waals surface area contributed by atoms with Gasteiger partial charge in [0.15, 0.2) is 0 Å². The Kier molecular flexibility index (Phi) is 5.18. The average Bonchev–Trinajstić information content (AvgIpc) is 3.20. The third kappa shape index (κ3) is 3.77. The van der Waals surface area contributed by atoms with Gasteiger partial charge in [0, 0.05) is 22.2 Å². The molecule has 5 nitrogen and oxygen atoms in total. The molecule has 0 spiro atoms. The van der Waals surface area contributed by atoms with Gasteiger partial charge in [-0.2, -0.15) is 5.10 Å². The Hall–Kier alpha value is -1.89. The lowest BCUT2D eigenvalue weighted by Gasteiger charge is -2.01. The van der Waals surface area contributed by atoms with Gasteiger partial charge in [0.1, 0.15) is 5.01 Å². The van der Waals surface area contributed by atoms with Gasteiger partial charge in [-0.05, 0) is 25.1 Å². The number of aromatic nitrogens is 3. The molecule has 0 saturated carbocycles. The third-order valence-corrected chi connectivity index (χ3v) is 4.60. The van der Waals surface area contributed by atoms with E-state index in [1.165, 1.54) is 17.5 Å². The van der Waals surface area contributed by atoms with Gasteiger partial charge >= 0.3 is 5.97 Å². The summed E-state index contributed by atoms with van der Waals surface area (Å²) in [6.07, 6.45) is 3.13. The molecule has 0 amide bonds. The van der Waals surface area contributed by atoms with Crippen molar-refractivity contribution >= 4 is 40.5 Å². The quantitative estimate of drug-likeness (QED) is 0.608. The Morgan fingerprint density at radius 2 is 2.21 bits per heavy atom. The van der Waals surface area contributed by atoms with Crippen LogP contribution in [0.25, 0.3) is 11.3 Å². The first-order valence-corrected chi connectivity index (χ1v) is 8.79. The summed E-state index contributed by atoms with van der Waals surface area (Å²) in [7, 11) is 0. The summed E-state index contributed by atoms with van der Waals surface area (Å²) in [6.45, 7) is 2.56. The highest BCUT2D eigenvalue weighted by Gasteiger charge is 2.12. The zero-order valence-corrected chi connectivity index (χ0v) is 15.0. The van der Waals surface area contributed by atoms with Gasteiger partial charge in [0.25, 0.3) is 0 Å². The minimum atomic E-state index is -0.380. The van der Waals surface area contributed by atoms with E-state index < -0.39 is 0 Å². The maximum atomic E-state index is 11.7. The number of rotatable bonds is 5. The Morgan fingerprint density at radius 3 is 3.00 bits per heavy atom. The van der Waals surface area contributed by atoms with Crippen molar-refractivity contribution in [2.75, 3.05) is 6.61 Å². The van der Waals surface area contributed by atoms with Crippen molar-refractivity contribution in [2.45, 2.75) is 13.5 Å². The van der Waals surface area contributed by atoms with Crippen LogP contribution < -0.4 is 0 Å². The topological polar surface area (TPSA) is 57.0 Å². The highest BCUT2D eigenvalue weighted by molar-refractivity contribution is 7.09. The number of halogens is 2. The SMILES string of the molecule is CCOC(=O)c1cnn(Cc2nc(-c3cc(Cl)ccc3Cl)cs2)c1. The van der Waals surface area contributed by atoms with E-state index in [0.29, 0.717) is 28.8 Å². The predicted octanol–water partition coefficient (Wildman–Crippen LogP) is 4.54. The number of carbonyl (C=O) groups is 1. The van der Waals surface area contributed by atoms with Gasteiger partial charge < -0.3 is 4.74 Å². The van der Waals surface area contributed by atoms with Crippen LogP contribution >= 0.6 is 34.5 Å². The standard InChI is InChI=1S/C16H13Cl2N3O2S/c1-2-23-16(22)10-6-19-21(7-10)8-15-20-14(9-24-15)12-5-11(17)3-4-13(12)18/h3-7,9H,2,8H2,1H3. The van der Waals surface area contributed by atoms with Crippen molar-refractivity contribution in [3.8, 4) is 11.3 Å². The van der Waals surface area contributed by atoms with E-state index >= 15 is 0 Å². The first kappa shape index (κ1) is 17.0. The molecule has 0 saturated heterocycles. The maximum absolute atomic E-state index is 11.7. The largest absolute Gasteiger partial charge is 0.462 e. The molecule has 0 radical (unpaired) electrons. The zero-order chi connectivity index (χ0) is 17.1. The van der Waals surface area contributed by atoms with E-state index in [-0.39, 0.29) is 5.97 Å². The number of ether oxygens (including phenoxy) is 1. The fourth-order valence-electron chi connectivity index (χ4n) is 2.11. The lowest BCUT2D eigenvalue weighted by molar-refractivity contribution is 0.0526. The highest BCUT2D eigenvalue weighted by Crippen LogP contribution is 2.31. The fourth-order valence-corrected chi connectivity index (χ4v) is 3.28. The summed E-state index contributed by atoms with van der Waals surface area (Å²) < 4.78 is 6.59. The molecule has 0 unspecified atom stereocenters. The van der Waals surface area contributed by atoms with Crippen LogP contribution in [0.15, 0.2) is 36.0 Å². The monoisotopic (exact) mass is 381 g/mol. The van der Waals surface area contributed by atoms with E-state index in [1.54, 1.807) is 36.0 Å². The molecular formula is C16H13Cl2N3O2S. The fraction of sp³-hybridized carbons (Fsp3) is 0.188. The molecule has 1 aromatic carbocycles. The first-order valence-electron chi connectivity index (χ1n) is 7.16. The van der Waals surface area contributed by atoms with Gasteiger partial charge in [-0.1, -0.05) is 23.2 Å². The van der Waals surface area contributed by atoms with Crippen LogP contribution in [0, 0.1) is 0 Å². The molecule has 8 heteroatoms. The summed E-state index contributed by atoms with van der Waals surface area (Å²) in [5.74, 6) is -0.380. The van der Waals surface area contributed by atoms with E-state index in [9.17, 15) is 4.79 Å². The molecule has 0 atom stereocenters. The highest BCUT2D eigenvalue weighted by atomic mass is 35.5. The molecule has 24 heavy (non-hydrogen) atoms. The first-order chi connectivity index (χ1) is 11.6. The molecule has 0 aliphatic rings. The van der Waals surface area contributed by atoms with Crippen molar-refractivity contribution in [3.05, 3.63) is 56.6 Å². The lowest BCUT2D eigenvalue weighted by atomic mass is 10.2. The zero-order valence-electron chi connectivity index (χ0n) is 12.7. The number of carbonyl (C=O) groups excluding carboxylic acids is 1.